The number of hydrogen-bond donors (Lipinski definition) is 1. The van der Waals surface area contributed by atoms with Crippen LogP contribution in [0.2, 0.25) is 0 Å². The maximum absolute atomic E-state index is 11.7. The summed E-state index contributed by atoms with van der Waals surface area (Å²) in [7, 11) is 0. The molecule has 0 bridgehead atoms. The molecule has 0 aromatic carbocycles. The highest BCUT2D eigenvalue weighted by Gasteiger charge is 2.05. The maximum atomic E-state index is 11.7. The third-order valence-electron chi connectivity index (χ3n) is 2.11. The molecule has 0 aliphatic heterocycles. The van der Waals surface area contributed by atoms with Gasteiger partial charge in [-0.1, -0.05) is 17.8 Å². The first kappa shape index (κ1) is 11.8. The molecule has 1 N–H and O–H groups in total. The molecule has 0 unspecified atom stereocenters. The molecule has 0 radical (unpaired) electrons. The van der Waals surface area contributed by atoms with Crippen molar-refractivity contribution in [3.05, 3.63) is 35.4 Å². The standard InChI is InChI=1S/C11H12N4OS/c1-2-3-4-7-17-11-14-9-8(10(16)15-11)12-5-6-13-9/h2,5-6H,1,3-4,7H2,(H,13,14,15,16). The first-order valence-electron chi connectivity index (χ1n) is 5.26. The summed E-state index contributed by atoms with van der Waals surface area (Å²) < 4.78 is 0. The lowest BCUT2D eigenvalue weighted by Crippen LogP contribution is -2.11. The van der Waals surface area contributed by atoms with Crippen LogP contribution in [0.25, 0.3) is 11.2 Å². The molecule has 2 aromatic rings. The number of H-pyrrole nitrogens is 1. The number of allylic oxidation sites excluding steroid dienone is 1. The summed E-state index contributed by atoms with van der Waals surface area (Å²) in [5, 5.41) is 0.590. The van der Waals surface area contributed by atoms with Gasteiger partial charge in [0, 0.05) is 18.1 Å². The molecule has 17 heavy (non-hydrogen) atoms. The van der Waals surface area contributed by atoms with E-state index >= 15 is 0 Å². The molecule has 88 valence electrons. The Morgan fingerprint density at radius 2 is 2.24 bits per heavy atom. The number of nitrogens with zero attached hydrogens (tertiary/aromatic N) is 3. The van der Waals surface area contributed by atoms with Crippen molar-refractivity contribution in [1.29, 1.82) is 0 Å². The van der Waals surface area contributed by atoms with E-state index in [0.29, 0.717) is 10.8 Å². The van der Waals surface area contributed by atoms with E-state index in [2.05, 4.69) is 26.5 Å². The Balaban J connectivity index is 2.19. The minimum Gasteiger partial charge on any atom is -0.299 e. The third-order valence-corrected chi connectivity index (χ3v) is 3.07. The van der Waals surface area contributed by atoms with Crippen LogP contribution in [0.15, 0.2) is 35.0 Å². The van der Waals surface area contributed by atoms with Crippen LogP contribution in [0.5, 0.6) is 0 Å². The Bertz CT molecular complexity index is 581. The van der Waals surface area contributed by atoms with Gasteiger partial charge in [-0.25, -0.2) is 15.0 Å². The lowest BCUT2D eigenvalue weighted by Gasteiger charge is -2.00. The predicted molar refractivity (Wildman–Crippen MR) is 68.1 cm³/mol. The fourth-order valence-corrected chi connectivity index (χ4v) is 2.14. The molecule has 0 saturated heterocycles. The number of fused-ring (bicyclic) bond motifs is 1. The van der Waals surface area contributed by atoms with Crippen molar-refractivity contribution in [2.24, 2.45) is 0 Å². The lowest BCUT2D eigenvalue weighted by atomic mass is 10.3. The molecular formula is C11H12N4OS. The highest BCUT2D eigenvalue weighted by Crippen LogP contribution is 2.14. The van der Waals surface area contributed by atoms with Crippen LogP contribution in [0.3, 0.4) is 0 Å². The Kier molecular flexibility index (Phi) is 3.87. The van der Waals surface area contributed by atoms with Crippen molar-refractivity contribution < 1.29 is 0 Å². The van der Waals surface area contributed by atoms with Gasteiger partial charge >= 0.3 is 0 Å². The van der Waals surface area contributed by atoms with Gasteiger partial charge in [-0.2, -0.15) is 0 Å². The Morgan fingerprint density at radius 1 is 1.41 bits per heavy atom. The average molecular weight is 248 g/mol. The molecular weight excluding hydrogens is 236 g/mol. The molecule has 6 heteroatoms. The Hall–Kier alpha value is -1.69. The van der Waals surface area contributed by atoms with Crippen LogP contribution >= 0.6 is 11.8 Å². The first-order chi connectivity index (χ1) is 8.31. The Morgan fingerprint density at radius 3 is 3.06 bits per heavy atom. The maximum Gasteiger partial charge on any atom is 0.279 e. The largest absolute Gasteiger partial charge is 0.299 e. The molecule has 0 fully saturated rings. The molecule has 2 rings (SSSR count). The second-order valence-corrected chi connectivity index (χ2v) is 4.46. The van der Waals surface area contributed by atoms with Crippen molar-refractivity contribution >= 4 is 22.9 Å². The molecule has 5 nitrogen and oxygen atoms in total. The number of hydrogen-bond acceptors (Lipinski definition) is 5. The second kappa shape index (κ2) is 5.58. The summed E-state index contributed by atoms with van der Waals surface area (Å²) in [5.74, 6) is 0.890. The quantitative estimate of drug-likeness (QED) is 0.378. The van der Waals surface area contributed by atoms with Crippen LogP contribution in [-0.2, 0) is 0 Å². The fourth-order valence-electron chi connectivity index (χ4n) is 1.32. The third kappa shape index (κ3) is 2.91. The van der Waals surface area contributed by atoms with Crippen LogP contribution < -0.4 is 5.56 Å². The van der Waals surface area contributed by atoms with Crippen molar-refractivity contribution in [3.8, 4) is 0 Å². The fraction of sp³-hybridized carbons (Fsp3) is 0.273. The van der Waals surface area contributed by atoms with E-state index in [-0.39, 0.29) is 11.1 Å². The van der Waals surface area contributed by atoms with Crippen LogP contribution in [0, 0.1) is 0 Å². The van der Waals surface area contributed by atoms with E-state index in [1.807, 2.05) is 6.08 Å². The van der Waals surface area contributed by atoms with Crippen molar-refractivity contribution in [3.63, 3.8) is 0 Å². The number of rotatable bonds is 5. The van der Waals surface area contributed by atoms with Gasteiger partial charge in [0.1, 0.15) is 0 Å². The van der Waals surface area contributed by atoms with Crippen molar-refractivity contribution in [2.45, 2.75) is 18.0 Å². The summed E-state index contributed by atoms with van der Waals surface area (Å²) in [5.41, 5.74) is 0.430. The van der Waals surface area contributed by atoms with Gasteiger partial charge in [-0.15, -0.1) is 6.58 Å². The van der Waals surface area contributed by atoms with E-state index in [1.165, 1.54) is 24.2 Å². The lowest BCUT2D eigenvalue weighted by molar-refractivity contribution is 0.932. The van der Waals surface area contributed by atoms with E-state index < -0.39 is 0 Å². The molecule has 0 atom stereocenters. The predicted octanol–water partition coefficient (Wildman–Crippen LogP) is 1.77. The highest BCUT2D eigenvalue weighted by atomic mass is 32.2. The van der Waals surface area contributed by atoms with Gasteiger partial charge in [0.25, 0.3) is 5.56 Å². The monoisotopic (exact) mass is 248 g/mol. The number of thioether (sulfide) groups is 1. The zero-order valence-corrected chi connectivity index (χ0v) is 10.0. The smallest absolute Gasteiger partial charge is 0.279 e. The van der Waals surface area contributed by atoms with Gasteiger partial charge in [0.05, 0.1) is 0 Å². The average Bonchev–Trinajstić information content (AvgIpc) is 2.35. The second-order valence-electron chi connectivity index (χ2n) is 3.38. The zero-order valence-electron chi connectivity index (χ0n) is 9.22. The van der Waals surface area contributed by atoms with Crippen LogP contribution in [0.1, 0.15) is 12.8 Å². The topological polar surface area (TPSA) is 71.5 Å². The molecule has 2 heterocycles. The summed E-state index contributed by atoms with van der Waals surface area (Å²) in [6.07, 6.45) is 6.86. The zero-order chi connectivity index (χ0) is 12.1. The minimum atomic E-state index is -0.241. The SMILES string of the molecule is C=CCCCSc1nc2nccnc2c(=O)[nH]1. The molecule has 0 aliphatic rings. The number of aromatic amines is 1. The molecule has 2 aromatic heterocycles. The summed E-state index contributed by atoms with van der Waals surface area (Å²) in [6, 6.07) is 0. The number of aromatic nitrogens is 4. The summed E-state index contributed by atoms with van der Waals surface area (Å²) >= 11 is 1.51. The van der Waals surface area contributed by atoms with Gasteiger partial charge < -0.3 is 0 Å². The van der Waals surface area contributed by atoms with Gasteiger partial charge in [0.2, 0.25) is 0 Å². The normalized spacial score (nSPS) is 10.6. The van der Waals surface area contributed by atoms with Crippen molar-refractivity contribution in [1.82, 2.24) is 19.9 Å². The first-order valence-corrected chi connectivity index (χ1v) is 6.24. The van der Waals surface area contributed by atoms with E-state index in [4.69, 9.17) is 0 Å². The number of unbranched alkanes of at least 4 members (excludes halogenated alkanes) is 1. The van der Waals surface area contributed by atoms with E-state index in [0.717, 1.165) is 18.6 Å². The van der Waals surface area contributed by atoms with Gasteiger partial charge in [0.15, 0.2) is 16.3 Å². The van der Waals surface area contributed by atoms with Gasteiger partial charge in [-0.3, -0.25) is 9.78 Å². The minimum absolute atomic E-state index is 0.241. The van der Waals surface area contributed by atoms with Crippen molar-refractivity contribution in [2.75, 3.05) is 5.75 Å². The van der Waals surface area contributed by atoms with E-state index in [9.17, 15) is 4.79 Å². The van der Waals surface area contributed by atoms with E-state index in [1.54, 1.807) is 0 Å². The Labute approximate surface area is 102 Å². The molecule has 0 spiro atoms. The van der Waals surface area contributed by atoms with Crippen LogP contribution in [0.4, 0.5) is 0 Å². The molecule has 0 amide bonds. The van der Waals surface area contributed by atoms with Gasteiger partial charge in [-0.05, 0) is 12.8 Å². The molecule has 0 saturated carbocycles. The highest BCUT2D eigenvalue weighted by molar-refractivity contribution is 7.99. The number of nitrogens with one attached hydrogen (secondary N) is 1. The van der Waals surface area contributed by atoms with Crippen LogP contribution in [-0.4, -0.2) is 25.7 Å². The summed E-state index contributed by atoms with van der Waals surface area (Å²) in [4.78, 5) is 26.6. The molecule has 0 aliphatic carbocycles. The summed E-state index contributed by atoms with van der Waals surface area (Å²) in [6.45, 7) is 3.66.